The van der Waals surface area contributed by atoms with Crippen LogP contribution in [0, 0.1) is 17.8 Å². The van der Waals surface area contributed by atoms with E-state index >= 15 is 0 Å². The monoisotopic (exact) mass is 1520 g/mol. The Labute approximate surface area is 638 Å². The highest BCUT2D eigenvalue weighted by atomic mass is 31.2. The number of phosphoric ester groups is 2. The van der Waals surface area contributed by atoms with E-state index < -0.39 is 97.5 Å². The Morgan fingerprint density at radius 3 is 0.731 bits per heavy atom. The maximum Gasteiger partial charge on any atom is 0.472 e. The maximum atomic E-state index is 13.1. The molecule has 0 aliphatic heterocycles. The van der Waals surface area contributed by atoms with Crippen molar-refractivity contribution in [3.05, 3.63) is 0 Å². The number of unbranched alkanes of at least 4 members (excludes halogenated alkanes) is 50. The van der Waals surface area contributed by atoms with E-state index in [9.17, 15) is 43.2 Å². The Morgan fingerprint density at radius 1 is 0.279 bits per heavy atom. The molecule has 17 nitrogen and oxygen atoms in total. The second-order valence-electron chi connectivity index (χ2n) is 31.8. The van der Waals surface area contributed by atoms with Crippen LogP contribution in [0.3, 0.4) is 0 Å². The van der Waals surface area contributed by atoms with Crippen LogP contribution in [-0.4, -0.2) is 96.7 Å². The summed E-state index contributed by atoms with van der Waals surface area (Å²) in [6.07, 6.45) is 65.5. The smallest absolute Gasteiger partial charge is 0.462 e. The summed E-state index contributed by atoms with van der Waals surface area (Å²) in [4.78, 5) is 73.1. The molecule has 0 aliphatic carbocycles. The molecular formula is C85H166O17P2. The van der Waals surface area contributed by atoms with Gasteiger partial charge in [0.1, 0.15) is 19.3 Å². The number of carbonyl (C=O) groups is 4. The van der Waals surface area contributed by atoms with Crippen molar-refractivity contribution in [2.75, 3.05) is 39.6 Å². The van der Waals surface area contributed by atoms with Gasteiger partial charge in [-0.3, -0.25) is 37.3 Å². The van der Waals surface area contributed by atoms with Crippen LogP contribution in [0.2, 0.25) is 0 Å². The molecule has 0 bridgehead atoms. The number of rotatable bonds is 83. The number of esters is 4. The van der Waals surface area contributed by atoms with Gasteiger partial charge in [-0.15, -0.1) is 0 Å². The summed E-state index contributed by atoms with van der Waals surface area (Å²) in [5.74, 6) is 0.185. The predicted octanol–water partition coefficient (Wildman–Crippen LogP) is 25.7. The van der Waals surface area contributed by atoms with E-state index in [0.717, 1.165) is 108 Å². The number of phosphoric acid groups is 2. The molecule has 0 heterocycles. The van der Waals surface area contributed by atoms with E-state index in [1.807, 2.05) is 0 Å². The fourth-order valence-corrected chi connectivity index (χ4v) is 14.7. The number of hydrogen-bond acceptors (Lipinski definition) is 15. The summed E-state index contributed by atoms with van der Waals surface area (Å²) >= 11 is 0. The zero-order chi connectivity index (χ0) is 76.5. The first-order valence-electron chi connectivity index (χ1n) is 43.9. The molecular weight excluding hydrogens is 1350 g/mol. The molecule has 0 saturated carbocycles. The fraction of sp³-hybridized carbons (Fsp3) is 0.953. The number of hydrogen-bond donors (Lipinski definition) is 3. The molecule has 0 aromatic heterocycles. The minimum absolute atomic E-state index is 0.105. The zero-order valence-electron chi connectivity index (χ0n) is 68.5. The third kappa shape index (κ3) is 76.8. The van der Waals surface area contributed by atoms with Crippen LogP contribution in [0.1, 0.15) is 447 Å². The van der Waals surface area contributed by atoms with Gasteiger partial charge in [0.15, 0.2) is 12.2 Å². The summed E-state index contributed by atoms with van der Waals surface area (Å²) in [5.41, 5.74) is 0. The lowest BCUT2D eigenvalue weighted by Gasteiger charge is -2.21. The van der Waals surface area contributed by atoms with Crippen LogP contribution >= 0.6 is 15.6 Å². The first-order valence-corrected chi connectivity index (χ1v) is 46.9. The maximum absolute atomic E-state index is 13.1. The van der Waals surface area contributed by atoms with Crippen molar-refractivity contribution >= 4 is 39.5 Å². The van der Waals surface area contributed by atoms with Gasteiger partial charge in [-0.2, -0.15) is 0 Å². The van der Waals surface area contributed by atoms with Crippen LogP contribution in [0.25, 0.3) is 0 Å². The minimum Gasteiger partial charge on any atom is -0.462 e. The standard InChI is InChI=1S/C85H166O17P2/c1-8-10-11-12-13-14-15-16-17-18-19-20-21-22-23-28-31-34-40-45-54-61-68-84(89)101-80(72-95-82(87)66-59-52-44-39-33-30-27-25-24-26-29-32-37-42-49-56-63-76(3)4)74-99-103(91,92)97-70-79(86)71-98-104(93,94)100-75-81(73-96-83(88)67-60-53-48-47-50-57-64-77(5)6)102-85(90)69-62-55-46-41-36-35-38-43-51-58-65-78(7)9-2/h76-81,86H,8-75H2,1-7H3,(H,91,92)(H,93,94)/t78?,79-,80-,81-/m1/s1. The predicted molar refractivity (Wildman–Crippen MR) is 428 cm³/mol. The van der Waals surface area contributed by atoms with Crippen molar-refractivity contribution in [1.29, 1.82) is 0 Å². The van der Waals surface area contributed by atoms with Gasteiger partial charge in [-0.1, -0.05) is 395 Å². The molecule has 0 radical (unpaired) electrons. The average Bonchev–Trinajstić information content (AvgIpc) is 0.906. The molecule has 6 atom stereocenters. The summed E-state index contributed by atoms with van der Waals surface area (Å²) in [6.45, 7) is 11.9. The number of aliphatic hydroxyl groups excluding tert-OH is 1. The van der Waals surface area contributed by atoms with Gasteiger partial charge < -0.3 is 33.8 Å². The Morgan fingerprint density at radius 2 is 0.490 bits per heavy atom. The van der Waals surface area contributed by atoms with Crippen molar-refractivity contribution in [3.63, 3.8) is 0 Å². The molecule has 0 aromatic rings. The number of ether oxygens (including phenoxy) is 4. The molecule has 3 unspecified atom stereocenters. The topological polar surface area (TPSA) is 237 Å². The van der Waals surface area contributed by atoms with Crippen molar-refractivity contribution < 1.29 is 80.2 Å². The molecule has 19 heteroatoms. The quantitative estimate of drug-likeness (QED) is 0.0222. The Kier molecular flexibility index (Phi) is 73.7. The van der Waals surface area contributed by atoms with Crippen molar-refractivity contribution in [2.45, 2.75) is 465 Å². The first kappa shape index (κ1) is 102. The highest BCUT2D eigenvalue weighted by Gasteiger charge is 2.30. The SMILES string of the molecule is CCCCCCCCCCCCCCCCCCCCCCCCC(=O)O[C@H](COC(=O)CCCCCCCCCCCCCCCCCCC(C)C)COP(=O)(O)OC[C@@H](O)COP(=O)(O)OC[C@@H](COC(=O)CCCCCCCCC(C)C)OC(=O)CCCCCCCCCCCCC(C)CC. The molecule has 0 aromatic carbocycles. The molecule has 0 aliphatic rings. The highest BCUT2D eigenvalue weighted by molar-refractivity contribution is 7.47. The van der Waals surface area contributed by atoms with Crippen LogP contribution < -0.4 is 0 Å². The summed E-state index contributed by atoms with van der Waals surface area (Å²) in [5, 5.41) is 10.7. The molecule has 0 spiro atoms. The summed E-state index contributed by atoms with van der Waals surface area (Å²) in [6, 6.07) is 0. The van der Waals surface area contributed by atoms with Crippen molar-refractivity contribution in [3.8, 4) is 0 Å². The van der Waals surface area contributed by atoms with Gasteiger partial charge in [-0.05, 0) is 43.4 Å². The van der Waals surface area contributed by atoms with Crippen molar-refractivity contribution in [2.24, 2.45) is 17.8 Å². The van der Waals surface area contributed by atoms with E-state index in [1.54, 1.807) is 0 Å². The molecule has 0 amide bonds. The van der Waals surface area contributed by atoms with E-state index in [2.05, 4.69) is 48.5 Å². The van der Waals surface area contributed by atoms with E-state index in [-0.39, 0.29) is 25.7 Å². The second-order valence-corrected chi connectivity index (χ2v) is 34.7. The average molecular weight is 1520 g/mol. The lowest BCUT2D eigenvalue weighted by molar-refractivity contribution is -0.161. The van der Waals surface area contributed by atoms with Gasteiger partial charge in [0.25, 0.3) is 0 Å². The van der Waals surface area contributed by atoms with Gasteiger partial charge in [0, 0.05) is 25.7 Å². The van der Waals surface area contributed by atoms with E-state index in [0.29, 0.717) is 31.6 Å². The van der Waals surface area contributed by atoms with Gasteiger partial charge in [0.2, 0.25) is 0 Å². The van der Waals surface area contributed by atoms with Crippen LogP contribution in [0.15, 0.2) is 0 Å². The summed E-state index contributed by atoms with van der Waals surface area (Å²) in [7, 11) is -9.93. The highest BCUT2D eigenvalue weighted by Crippen LogP contribution is 2.45. The van der Waals surface area contributed by atoms with Gasteiger partial charge in [0.05, 0.1) is 26.4 Å². The van der Waals surface area contributed by atoms with E-state index in [4.69, 9.17) is 37.0 Å². The van der Waals surface area contributed by atoms with Gasteiger partial charge >= 0.3 is 39.5 Å². The molecule has 0 rings (SSSR count). The van der Waals surface area contributed by atoms with Crippen LogP contribution in [0.5, 0.6) is 0 Å². The molecule has 618 valence electrons. The molecule has 3 N–H and O–H groups in total. The first-order chi connectivity index (χ1) is 50.3. The van der Waals surface area contributed by atoms with Crippen molar-refractivity contribution in [1.82, 2.24) is 0 Å². The summed E-state index contributed by atoms with van der Waals surface area (Å²) < 4.78 is 68.8. The number of carbonyl (C=O) groups excluding carboxylic acids is 4. The molecule has 0 saturated heterocycles. The number of aliphatic hydroxyl groups is 1. The minimum atomic E-state index is -4.97. The normalized spacial score (nSPS) is 14.2. The lowest BCUT2D eigenvalue weighted by Crippen LogP contribution is -2.30. The third-order valence-corrected chi connectivity index (χ3v) is 22.1. The zero-order valence-corrected chi connectivity index (χ0v) is 70.3. The molecule has 0 fully saturated rings. The van der Waals surface area contributed by atoms with E-state index in [1.165, 1.54) is 250 Å². The molecule has 104 heavy (non-hydrogen) atoms. The Hall–Kier alpha value is -1.94. The second kappa shape index (κ2) is 75.1. The Balaban J connectivity index is 5.20. The van der Waals surface area contributed by atoms with Gasteiger partial charge in [-0.25, -0.2) is 9.13 Å². The Bertz CT molecular complexity index is 2010. The fourth-order valence-electron chi connectivity index (χ4n) is 13.2. The lowest BCUT2D eigenvalue weighted by atomic mass is 9.99. The third-order valence-electron chi connectivity index (χ3n) is 20.2. The van der Waals surface area contributed by atoms with Crippen LogP contribution in [0.4, 0.5) is 0 Å². The largest absolute Gasteiger partial charge is 0.472 e. The van der Waals surface area contributed by atoms with Crippen LogP contribution in [-0.2, 0) is 65.4 Å².